The maximum Gasteiger partial charge on any atom is 0.492 e. The molecule has 1 aliphatic heterocycles. The molecule has 2 aromatic carbocycles. The molecule has 0 spiro atoms. The lowest BCUT2D eigenvalue weighted by molar-refractivity contribution is -0.145. The molecule has 194 valence electrons. The zero-order valence-electron chi connectivity index (χ0n) is 21.5. The summed E-state index contributed by atoms with van der Waals surface area (Å²) in [6.07, 6.45) is -0.375. The van der Waals surface area contributed by atoms with Crippen LogP contribution in [0.25, 0.3) is 0 Å². The Kier molecular flexibility index (Phi) is 9.22. The maximum atomic E-state index is 11.9. The van der Waals surface area contributed by atoms with E-state index < -0.39 is 24.9 Å². The van der Waals surface area contributed by atoms with Crippen molar-refractivity contribution in [2.75, 3.05) is 19.8 Å². The molecule has 0 radical (unpaired) electrons. The van der Waals surface area contributed by atoms with E-state index in [1.165, 1.54) is 0 Å². The molecule has 0 aliphatic carbocycles. The predicted octanol–water partition coefficient (Wildman–Crippen LogP) is 3.79. The SMILES string of the molecule is CCOC(=O)CC1OB(O)c2cc(Oc3cccc(OCCCNC(=O)OC(C)(C)C)c3)cc(C)c21. The summed E-state index contributed by atoms with van der Waals surface area (Å²) in [5, 5.41) is 13.1. The minimum absolute atomic E-state index is 0.0334. The third-order valence-corrected chi connectivity index (χ3v) is 5.23. The highest BCUT2D eigenvalue weighted by Crippen LogP contribution is 2.34. The van der Waals surface area contributed by atoms with Crippen LogP contribution in [-0.4, -0.2) is 49.6 Å². The number of hydrogen-bond acceptors (Lipinski definition) is 8. The minimum Gasteiger partial charge on any atom is -0.493 e. The van der Waals surface area contributed by atoms with Gasteiger partial charge in [-0.2, -0.15) is 0 Å². The Balaban J connectivity index is 1.56. The van der Waals surface area contributed by atoms with Crippen LogP contribution < -0.4 is 20.3 Å². The van der Waals surface area contributed by atoms with Gasteiger partial charge >= 0.3 is 19.2 Å². The highest BCUT2D eigenvalue weighted by molar-refractivity contribution is 6.62. The second-order valence-electron chi connectivity index (χ2n) is 9.44. The molecule has 2 aromatic rings. The first kappa shape index (κ1) is 27.4. The average Bonchev–Trinajstić information content (AvgIpc) is 3.08. The van der Waals surface area contributed by atoms with Crippen LogP contribution in [0.5, 0.6) is 17.2 Å². The summed E-state index contributed by atoms with van der Waals surface area (Å²) in [5.41, 5.74) is 1.66. The number of esters is 1. The fourth-order valence-corrected chi connectivity index (χ4v) is 3.84. The number of alkyl carbamates (subject to hydrolysis) is 1. The van der Waals surface area contributed by atoms with E-state index >= 15 is 0 Å². The normalized spacial score (nSPS) is 14.7. The van der Waals surface area contributed by atoms with Gasteiger partial charge in [-0.25, -0.2) is 4.79 Å². The minimum atomic E-state index is -1.15. The van der Waals surface area contributed by atoms with E-state index in [4.69, 9.17) is 23.6 Å². The second kappa shape index (κ2) is 12.1. The maximum absolute atomic E-state index is 11.9. The van der Waals surface area contributed by atoms with Crippen LogP contribution in [0.15, 0.2) is 36.4 Å². The van der Waals surface area contributed by atoms with Crippen LogP contribution >= 0.6 is 0 Å². The molecule has 1 atom stereocenters. The van der Waals surface area contributed by atoms with E-state index in [1.807, 2.05) is 45.9 Å². The van der Waals surface area contributed by atoms with Gasteiger partial charge in [-0.1, -0.05) is 6.07 Å². The number of rotatable bonds is 10. The van der Waals surface area contributed by atoms with E-state index in [0.29, 0.717) is 48.9 Å². The molecule has 2 N–H and O–H groups in total. The summed E-state index contributed by atoms with van der Waals surface area (Å²) in [6, 6.07) is 10.8. The molecule has 3 rings (SSSR count). The summed E-state index contributed by atoms with van der Waals surface area (Å²) in [7, 11) is -1.15. The van der Waals surface area contributed by atoms with Crippen molar-refractivity contribution < 1.29 is 38.2 Å². The first-order chi connectivity index (χ1) is 17.1. The van der Waals surface area contributed by atoms with Crippen LogP contribution in [0, 0.1) is 6.92 Å². The molecular weight excluding hydrogens is 465 g/mol. The Bertz CT molecular complexity index is 1070. The zero-order valence-corrected chi connectivity index (χ0v) is 21.5. The molecule has 1 unspecified atom stereocenters. The van der Waals surface area contributed by atoms with Crippen molar-refractivity contribution in [3.05, 3.63) is 47.5 Å². The van der Waals surface area contributed by atoms with Gasteiger partial charge in [0.2, 0.25) is 0 Å². The zero-order chi connectivity index (χ0) is 26.3. The molecule has 9 nitrogen and oxygen atoms in total. The largest absolute Gasteiger partial charge is 0.493 e. The predicted molar refractivity (Wildman–Crippen MR) is 135 cm³/mol. The van der Waals surface area contributed by atoms with Crippen molar-refractivity contribution in [1.29, 1.82) is 0 Å². The van der Waals surface area contributed by atoms with Crippen molar-refractivity contribution in [3.63, 3.8) is 0 Å². The molecule has 0 bridgehead atoms. The van der Waals surface area contributed by atoms with Crippen LogP contribution in [0.4, 0.5) is 4.79 Å². The molecule has 0 fully saturated rings. The van der Waals surface area contributed by atoms with Crippen molar-refractivity contribution in [2.45, 2.75) is 59.2 Å². The molecule has 1 heterocycles. The third-order valence-electron chi connectivity index (χ3n) is 5.23. The van der Waals surface area contributed by atoms with Crippen molar-refractivity contribution >= 4 is 24.6 Å². The van der Waals surface area contributed by atoms with Crippen LogP contribution in [0.3, 0.4) is 0 Å². The van der Waals surface area contributed by atoms with E-state index in [0.717, 1.165) is 11.1 Å². The number of fused-ring (bicyclic) bond motifs is 1. The Hall–Kier alpha value is -3.24. The van der Waals surface area contributed by atoms with Gasteiger partial charge in [-0.05, 0) is 81.9 Å². The van der Waals surface area contributed by atoms with Gasteiger partial charge in [0.05, 0.1) is 25.7 Å². The molecule has 36 heavy (non-hydrogen) atoms. The Morgan fingerprint density at radius 1 is 1.14 bits per heavy atom. The van der Waals surface area contributed by atoms with E-state index in [-0.39, 0.29) is 12.4 Å². The quantitative estimate of drug-likeness (QED) is 0.289. The smallest absolute Gasteiger partial charge is 0.492 e. The van der Waals surface area contributed by atoms with Gasteiger partial charge in [0.15, 0.2) is 0 Å². The molecule has 10 heteroatoms. The lowest BCUT2D eigenvalue weighted by Crippen LogP contribution is -2.33. The topological polar surface area (TPSA) is 113 Å². The van der Waals surface area contributed by atoms with Crippen molar-refractivity contribution in [3.8, 4) is 17.2 Å². The Morgan fingerprint density at radius 3 is 2.61 bits per heavy atom. The van der Waals surface area contributed by atoms with Gasteiger partial charge in [-0.15, -0.1) is 0 Å². The number of carbonyl (C=O) groups excluding carboxylic acids is 2. The number of ether oxygens (including phenoxy) is 4. The van der Waals surface area contributed by atoms with Crippen LogP contribution in [-0.2, 0) is 18.9 Å². The summed E-state index contributed by atoms with van der Waals surface area (Å²) in [4.78, 5) is 23.6. The molecule has 1 aliphatic rings. The van der Waals surface area contributed by atoms with E-state index in [9.17, 15) is 14.6 Å². The van der Waals surface area contributed by atoms with Crippen LogP contribution in [0.2, 0.25) is 0 Å². The first-order valence-electron chi connectivity index (χ1n) is 12.1. The molecule has 0 saturated heterocycles. The second-order valence-corrected chi connectivity index (χ2v) is 9.44. The number of hydrogen-bond donors (Lipinski definition) is 2. The molecule has 1 amide bonds. The number of carbonyl (C=O) groups is 2. The lowest BCUT2D eigenvalue weighted by atomic mass is 9.77. The third kappa shape index (κ3) is 7.89. The number of nitrogens with one attached hydrogen (secondary N) is 1. The van der Waals surface area contributed by atoms with E-state index in [1.54, 1.807) is 25.1 Å². The van der Waals surface area contributed by atoms with Crippen LogP contribution in [0.1, 0.15) is 57.8 Å². The monoisotopic (exact) mass is 499 g/mol. The van der Waals surface area contributed by atoms with Gasteiger partial charge in [0.25, 0.3) is 0 Å². The number of amides is 1. The lowest BCUT2D eigenvalue weighted by Gasteiger charge is -2.19. The van der Waals surface area contributed by atoms with Gasteiger partial charge in [-0.3, -0.25) is 4.79 Å². The molecule has 0 saturated carbocycles. The average molecular weight is 499 g/mol. The summed E-state index contributed by atoms with van der Waals surface area (Å²) in [6.45, 7) is 10.2. The molecule has 0 aromatic heterocycles. The van der Waals surface area contributed by atoms with Crippen molar-refractivity contribution in [1.82, 2.24) is 5.32 Å². The van der Waals surface area contributed by atoms with Gasteiger partial charge in [0, 0.05) is 12.6 Å². The Labute approximate surface area is 212 Å². The fraction of sp³-hybridized carbons (Fsp3) is 0.462. The van der Waals surface area contributed by atoms with E-state index in [2.05, 4.69) is 5.32 Å². The van der Waals surface area contributed by atoms with Gasteiger partial charge in [0.1, 0.15) is 22.8 Å². The highest BCUT2D eigenvalue weighted by Gasteiger charge is 2.38. The summed E-state index contributed by atoms with van der Waals surface area (Å²) < 4.78 is 27.6. The highest BCUT2D eigenvalue weighted by atomic mass is 16.6. The summed E-state index contributed by atoms with van der Waals surface area (Å²) in [5.74, 6) is 1.35. The summed E-state index contributed by atoms with van der Waals surface area (Å²) >= 11 is 0. The van der Waals surface area contributed by atoms with Gasteiger partial charge < -0.3 is 33.9 Å². The fourth-order valence-electron chi connectivity index (χ4n) is 3.84. The molecular formula is C26H34BNO8. The van der Waals surface area contributed by atoms with Crippen molar-refractivity contribution in [2.24, 2.45) is 0 Å². The first-order valence-corrected chi connectivity index (χ1v) is 12.1. The standard InChI is InChI=1S/C26H34BNO8/c1-6-32-23(29)16-22-24-17(2)13-20(15-21(24)27(31)36-22)34-19-10-7-9-18(14-19)33-12-8-11-28-25(30)35-26(3,4)5/h7,9-10,13-15,22,31H,6,8,11-12,16H2,1-5H3,(H,28,30). The number of benzene rings is 2. The number of aryl methyl sites for hydroxylation is 1. The Morgan fingerprint density at radius 2 is 1.89 bits per heavy atom.